The number of benzene rings is 1. The van der Waals surface area contributed by atoms with E-state index in [4.69, 9.17) is 4.98 Å². The zero-order valence-corrected chi connectivity index (χ0v) is 17.3. The van der Waals surface area contributed by atoms with Crippen LogP contribution >= 0.6 is 11.3 Å². The number of nitrogens with one attached hydrogen (secondary N) is 1. The molecule has 0 aliphatic carbocycles. The average molecular weight is 407 g/mol. The topological polar surface area (TPSA) is 58.1 Å². The lowest BCUT2D eigenvalue weighted by Gasteiger charge is -2.34. The Morgan fingerprint density at radius 1 is 1.17 bits per heavy atom. The van der Waals surface area contributed by atoms with Gasteiger partial charge in [-0.25, -0.2) is 4.98 Å². The Kier molecular flexibility index (Phi) is 6.52. The predicted molar refractivity (Wildman–Crippen MR) is 118 cm³/mol. The molecule has 1 N–H and O–H groups in total. The van der Waals surface area contributed by atoms with Crippen LogP contribution in [0, 0.1) is 0 Å². The number of anilines is 1. The van der Waals surface area contributed by atoms with Gasteiger partial charge in [0.1, 0.15) is 11.5 Å². The highest BCUT2D eigenvalue weighted by atomic mass is 32.1. The molecule has 0 radical (unpaired) electrons. The third kappa shape index (κ3) is 5.41. The lowest BCUT2D eigenvalue weighted by atomic mass is 10.0. The van der Waals surface area contributed by atoms with E-state index in [9.17, 15) is 4.79 Å². The molecule has 5 nitrogen and oxygen atoms in total. The van der Waals surface area contributed by atoms with Gasteiger partial charge >= 0.3 is 0 Å². The van der Waals surface area contributed by atoms with Gasteiger partial charge < -0.3 is 10.2 Å². The van der Waals surface area contributed by atoms with Crippen LogP contribution in [0.25, 0.3) is 10.6 Å². The van der Waals surface area contributed by atoms with Crippen LogP contribution < -0.4 is 10.2 Å². The fourth-order valence-corrected chi connectivity index (χ4v) is 4.43. The monoisotopic (exact) mass is 406 g/mol. The van der Waals surface area contributed by atoms with Crippen molar-refractivity contribution >= 4 is 23.1 Å². The number of hydrogen-bond acceptors (Lipinski definition) is 5. The van der Waals surface area contributed by atoms with E-state index in [-0.39, 0.29) is 11.9 Å². The summed E-state index contributed by atoms with van der Waals surface area (Å²) in [6, 6.07) is 14.6. The van der Waals surface area contributed by atoms with Crippen LogP contribution in [0.15, 0.2) is 60.2 Å². The second-order valence-electron chi connectivity index (χ2n) is 7.43. The van der Waals surface area contributed by atoms with E-state index in [1.807, 2.05) is 42.0 Å². The van der Waals surface area contributed by atoms with Crippen molar-refractivity contribution in [2.24, 2.45) is 0 Å². The molecule has 29 heavy (non-hydrogen) atoms. The van der Waals surface area contributed by atoms with Crippen molar-refractivity contribution < 1.29 is 4.79 Å². The molecule has 3 aromatic rings. The summed E-state index contributed by atoms with van der Waals surface area (Å²) >= 11 is 1.67. The van der Waals surface area contributed by atoms with E-state index < -0.39 is 0 Å². The number of thiophene rings is 1. The van der Waals surface area contributed by atoms with Gasteiger partial charge in [0.05, 0.1) is 17.3 Å². The Morgan fingerprint density at radius 2 is 2.07 bits per heavy atom. The van der Waals surface area contributed by atoms with Gasteiger partial charge in [-0.3, -0.25) is 9.78 Å². The van der Waals surface area contributed by atoms with Crippen molar-refractivity contribution in [2.45, 2.75) is 38.1 Å². The molecule has 0 saturated carbocycles. The minimum absolute atomic E-state index is 0.145. The van der Waals surface area contributed by atoms with Crippen LogP contribution in [0.4, 0.5) is 5.82 Å². The number of carbonyl (C=O) groups excluding carboxylic acids is 1. The first kappa shape index (κ1) is 19.6. The minimum Gasteiger partial charge on any atom is -0.353 e. The number of aromatic nitrogens is 2. The molecule has 0 bridgehead atoms. The third-order valence-electron chi connectivity index (χ3n) is 5.22. The maximum absolute atomic E-state index is 12.4. The normalized spacial score (nSPS) is 16.6. The van der Waals surface area contributed by atoms with Crippen molar-refractivity contribution in [1.29, 1.82) is 0 Å². The highest BCUT2D eigenvalue weighted by Gasteiger charge is 2.22. The molecule has 2 aromatic heterocycles. The van der Waals surface area contributed by atoms with Crippen molar-refractivity contribution in [3.8, 4) is 10.6 Å². The minimum atomic E-state index is 0.145. The molecule has 150 valence electrons. The number of rotatable bonds is 7. The highest BCUT2D eigenvalue weighted by Crippen LogP contribution is 2.25. The molecule has 1 amide bonds. The molecule has 1 aliphatic heterocycles. The number of nitrogens with zero attached hydrogens (tertiary/aromatic N) is 3. The van der Waals surface area contributed by atoms with Gasteiger partial charge in [0.25, 0.3) is 0 Å². The number of carbonyl (C=O) groups is 1. The van der Waals surface area contributed by atoms with Gasteiger partial charge in [-0.05, 0) is 42.7 Å². The highest BCUT2D eigenvalue weighted by molar-refractivity contribution is 7.13. The number of piperidine rings is 1. The van der Waals surface area contributed by atoms with E-state index in [1.165, 1.54) is 5.56 Å². The maximum Gasteiger partial charge on any atom is 0.220 e. The van der Waals surface area contributed by atoms with Crippen LogP contribution in [0.1, 0.15) is 31.2 Å². The van der Waals surface area contributed by atoms with Crippen LogP contribution in [0.3, 0.4) is 0 Å². The molecule has 6 heteroatoms. The van der Waals surface area contributed by atoms with Crippen LogP contribution in [0.5, 0.6) is 0 Å². The Morgan fingerprint density at radius 3 is 2.90 bits per heavy atom. The predicted octanol–water partition coefficient (Wildman–Crippen LogP) is 4.31. The summed E-state index contributed by atoms with van der Waals surface area (Å²) in [5.74, 6) is 1.03. The second kappa shape index (κ2) is 9.65. The molecular formula is C23H26N4OS. The first-order chi connectivity index (χ1) is 14.3. The van der Waals surface area contributed by atoms with Crippen molar-refractivity contribution in [2.75, 3.05) is 18.0 Å². The number of aryl methyl sites for hydroxylation is 1. The molecule has 1 fully saturated rings. The molecule has 4 rings (SSSR count). The van der Waals surface area contributed by atoms with E-state index >= 15 is 0 Å². The summed E-state index contributed by atoms with van der Waals surface area (Å²) < 4.78 is 0. The van der Waals surface area contributed by atoms with E-state index in [1.54, 1.807) is 11.3 Å². The maximum atomic E-state index is 12.4. The van der Waals surface area contributed by atoms with Crippen LogP contribution in [0.2, 0.25) is 0 Å². The lowest BCUT2D eigenvalue weighted by Crippen LogP contribution is -2.48. The molecular weight excluding hydrogens is 380 g/mol. The number of amides is 1. The van der Waals surface area contributed by atoms with Gasteiger partial charge in [0, 0.05) is 25.6 Å². The molecule has 1 aromatic carbocycles. The van der Waals surface area contributed by atoms with E-state index in [0.29, 0.717) is 6.42 Å². The van der Waals surface area contributed by atoms with Crippen LogP contribution in [-0.2, 0) is 11.2 Å². The van der Waals surface area contributed by atoms with Gasteiger partial charge in [-0.2, -0.15) is 0 Å². The van der Waals surface area contributed by atoms with Crippen molar-refractivity contribution in [1.82, 2.24) is 15.3 Å². The number of hydrogen-bond donors (Lipinski definition) is 1. The van der Waals surface area contributed by atoms with Gasteiger partial charge in [-0.1, -0.05) is 36.4 Å². The molecule has 3 heterocycles. The zero-order valence-electron chi connectivity index (χ0n) is 16.5. The fourth-order valence-electron chi connectivity index (χ4n) is 3.75. The Labute approximate surface area is 175 Å². The van der Waals surface area contributed by atoms with E-state index in [0.717, 1.165) is 55.2 Å². The quantitative estimate of drug-likeness (QED) is 0.635. The summed E-state index contributed by atoms with van der Waals surface area (Å²) in [6.45, 7) is 1.73. The summed E-state index contributed by atoms with van der Waals surface area (Å²) in [5.41, 5.74) is 2.19. The van der Waals surface area contributed by atoms with Crippen molar-refractivity contribution in [3.05, 3.63) is 65.8 Å². The Bertz CT molecular complexity index is 914. The molecule has 1 aliphatic rings. The Hall–Kier alpha value is -2.73. The SMILES string of the molecule is O=C(CCCc1ccccc1)NC1CCCN(c2cncc(-c3cccs3)n2)C1. The Balaban J connectivity index is 1.29. The summed E-state index contributed by atoms with van der Waals surface area (Å²) in [7, 11) is 0. The summed E-state index contributed by atoms with van der Waals surface area (Å²) in [5, 5.41) is 5.27. The van der Waals surface area contributed by atoms with Gasteiger partial charge in [0.2, 0.25) is 5.91 Å². The second-order valence-corrected chi connectivity index (χ2v) is 8.38. The summed E-state index contributed by atoms with van der Waals surface area (Å²) in [6.07, 6.45) is 8.07. The third-order valence-corrected chi connectivity index (χ3v) is 6.11. The molecule has 1 saturated heterocycles. The average Bonchev–Trinajstić information content (AvgIpc) is 3.30. The standard InChI is InChI=1S/C23H26N4OS/c28-23(12-4-9-18-7-2-1-3-8-18)25-19-10-5-13-27(17-19)22-16-24-15-20(26-22)21-11-6-14-29-21/h1-3,6-8,11,14-16,19H,4-5,9-10,12-13,17H2,(H,25,28). The summed E-state index contributed by atoms with van der Waals surface area (Å²) in [4.78, 5) is 24.9. The first-order valence-electron chi connectivity index (χ1n) is 10.2. The van der Waals surface area contributed by atoms with E-state index in [2.05, 4.69) is 33.4 Å². The van der Waals surface area contributed by atoms with Crippen molar-refractivity contribution in [3.63, 3.8) is 0 Å². The van der Waals surface area contributed by atoms with Crippen LogP contribution in [-0.4, -0.2) is 35.0 Å². The van der Waals surface area contributed by atoms with Gasteiger partial charge in [0.15, 0.2) is 0 Å². The lowest BCUT2D eigenvalue weighted by molar-refractivity contribution is -0.121. The smallest absolute Gasteiger partial charge is 0.220 e. The zero-order chi connectivity index (χ0) is 19.9. The first-order valence-corrected chi connectivity index (χ1v) is 11.1. The molecule has 1 unspecified atom stereocenters. The van der Waals surface area contributed by atoms with Gasteiger partial charge in [-0.15, -0.1) is 11.3 Å². The molecule has 0 spiro atoms. The molecule has 1 atom stereocenters. The fraction of sp³-hybridized carbons (Fsp3) is 0.348. The largest absolute Gasteiger partial charge is 0.353 e.